The molecule has 0 unspecified atom stereocenters. The van der Waals surface area contributed by atoms with Crippen molar-refractivity contribution >= 4 is 5.91 Å². The average Bonchev–Trinajstić information content (AvgIpc) is 2.21. The molecule has 0 N–H and O–H groups in total. The molecule has 0 saturated heterocycles. The fourth-order valence-corrected chi connectivity index (χ4v) is 1.37. The Labute approximate surface area is 85.0 Å². The standard InChI is InChI=1S/C11H17N2O/c1-3-13(4-2)11(14)10-12-8-6-5-7-9-12/h5-9H,3-4,10H2,1-2H3/q+1. The van der Waals surface area contributed by atoms with Crippen LogP contribution in [-0.2, 0) is 11.3 Å². The second-order valence-corrected chi connectivity index (χ2v) is 3.11. The summed E-state index contributed by atoms with van der Waals surface area (Å²) in [5.41, 5.74) is 0. The van der Waals surface area contributed by atoms with E-state index in [1.54, 1.807) is 0 Å². The van der Waals surface area contributed by atoms with E-state index in [4.69, 9.17) is 0 Å². The molecule has 3 nitrogen and oxygen atoms in total. The van der Waals surface area contributed by atoms with Gasteiger partial charge in [-0.15, -0.1) is 0 Å². The Morgan fingerprint density at radius 3 is 2.21 bits per heavy atom. The number of hydrogen-bond acceptors (Lipinski definition) is 1. The Hall–Kier alpha value is -1.38. The molecule has 1 aromatic heterocycles. The summed E-state index contributed by atoms with van der Waals surface area (Å²) in [4.78, 5) is 13.5. The van der Waals surface area contributed by atoms with Gasteiger partial charge in [-0.25, -0.2) is 0 Å². The van der Waals surface area contributed by atoms with Crippen LogP contribution in [0.4, 0.5) is 0 Å². The minimum atomic E-state index is 0.172. The molecule has 0 aromatic carbocycles. The van der Waals surface area contributed by atoms with Gasteiger partial charge in [-0.3, -0.25) is 4.79 Å². The van der Waals surface area contributed by atoms with Crippen molar-refractivity contribution in [3.63, 3.8) is 0 Å². The molecule has 1 rings (SSSR count). The molecule has 76 valence electrons. The third kappa shape index (κ3) is 2.83. The van der Waals surface area contributed by atoms with Gasteiger partial charge in [0, 0.05) is 25.2 Å². The van der Waals surface area contributed by atoms with Crippen LogP contribution in [0.1, 0.15) is 13.8 Å². The molecule has 0 aliphatic carbocycles. The van der Waals surface area contributed by atoms with Crippen LogP contribution in [0.25, 0.3) is 0 Å². The van der Waals surface area contributed by atoms with Crippen molar-refractivity contribution in [2.75, 3.05) is 13.1 Å². The highest BCUT2D eigenvalue weighted by Gasteiger charge is 2.13. The van der Waals surface area contributed by atoms with Crippen molar-refractivity contribution in [1.82, 2.24) is 4.90 Å². The summed E-state index contributed by atoms with van der Waals surface area (Å²) in [7, 11) is 0. The monoisotopic (exact) mass is 193 g/mol. The number of pyridine rings is 1. The van der Waals surface area contributed by atoms with Gasteiger partial charge in [0.15, 0.2) is 12.4 Å². The van der Waals surface area contributed by atoms with E-state index in [9.17, 15) is 4.79 Å². The number of hydrogen-bond donors (Lipinski definition) is 0. The number of rotatable bonds is 4. The summed E-state index contributed by atoms with van der Waals surface area (Å²) in [6, 6.07) is 5.80. The molecule has 0 radical (unpaired) electrons. The minimum Gasteiger partial charge on any atom is -0.338 e. The van der Waals surface area contributed by atoms with Gasteiger partial charge >= 0.3 is 0 Å². The zero-order valence-electron chi connectivity index (χ0n) is 8.81. The number of likely N-dealkylation sites (N-methyl/N-ethyl adjacent to an activating group) is 1. The molecule has 0 saturated carbocycles. The van der Waals surface area contributed by atoms with Gasteiger partial charge in [0.2, 0.25) is 6.54 Å². The zero-order chi connectivity index (χ0) is 10.4. The number of carbonyl (C=O) groups is 1. The van der Waals surface area contributed by atoms with Gasteiger partial charge in [0.25, 0.3) is 5.91 Å². The number of carbonyl (C=O) groups excluding carboxylic acids is 1. The lowest BCUT2D eigenvalue weighted by molar-refractivity contribution is -0.685. The molecular weight excluding hydrogens is 176 g/mol. The zero-order valence-corrected chi connectivity index (χ0v) is 8.81. The maximum absolute atomic E-state index is 11.7. The topological polar surface area (TPSA) is 24.2 Å². The molecule has 1 aromatic rings. The van der Waals surface area contributed by atoms with Crippen LogP contribution in [-0.4, -0.2) is 23.9 Å². The van der Waals surface area contributed by atoms with E-state index in [0.717, 1.165) is 13.1 Å². The van der Waals surface area contributed by atoms with Crippen LogP contribution in [0.2, 0.25) is 0 Å². The first-order valence-corrected chi connectivity index (χ1v) is 4.99. The summed E-state index contributed by atoms with van der Waals surface area (Å²) in [5.74, 6) is 0.172. The summed E-state index contributed by atoms with van der Waals surface area (Å²) in [6.07, 6.45) is 3.81. The summed E-state index contributed by atoms with van der Waals surface area (Å²) < 4.78 is 1.89. The fraction of sp³-hybridized carbons (Fsp3) is 0.455. The molecule has 1 heterocycles. The highest BCUT2D eigenvalue weighted by molar-refractivity contribution is 5.74. The Balaban J connectivity index is 2.57. The van der Waals surface area contributed by atoms with E-state index >= 15 is 0 Å². The summed E-state index contributed by atoms with van der Waals surface area (Å²) in [5, 5.41) is 0. The summed E-state index contributed by atoms with van der Waals surface area (Å²) >= 11 is 0. The Morgan fingerprint density at radius 2 is 1.71 bits per heavy atom. The van der Waals surface area contributed by atoms with E-state index in [1.807, 2.05) is 53.9 Å². The Bertz CT molecular complexity index is 281. The normalized spacial score (nSPS) is 9.86. The Morgan fingerprint density at radius 1 is 1.14 bits per heavy atom. The molecule has 1 amide bonds. The summed E-state index contributed by atoms with van der Waals surface area (Å²) in [6.45, 7) is 5.99. The van der Waals surface area contributed by atoms with Gasteiger partial charge < -0.3 is 4.90 Å². The molecule has 0 aliphatic rings. The first kappa shape index (κ1) is 10.7. The lowest BCUT2D eigenvalue weighted by Crippen LogP contribution is -2.44. The van der Waals surface area contributed by atoms with E-state index in [1.165, 1.54) is 0 Å². The van der Waals surface area contributed by atoms with E-state index < -0.39 is 0 Å². The fourth-order valence-electron chi connectivity index (χ4n) is 1.37. The lowest BCUT2D eigenvalue weighted by Gasteiger charge is -2.16. The van der Waals surface area contributed by atoms with Gasteiger partial charge in [0.1, 0.15) is 0 Å². The number of nitrogens with zero attached hydrogens (tertiary/aromatic N) is 2. The number of amides is 1. The third-order valence-corrected chi connectivity index (χ3v) is 2.21. The first-order valence-electron chi connectivity index (χ1n) is 4.99. The predicted molar refractivity (Wildman–Crippen MR) is 54.6 cm³/mol. The van der Waals surface area contributed by atoms with Crippen molar-refractivity contribution in [3.05, 3.63) is 30.6 Å². The lowest BCUT2D eigenvalue weighted by atomic mass is 10.4. The largest absolute Gasteiger partial charge is 0.338 e. The molecule has 0 bridgehead atoms. The smallest absolute Gasteiger partial charge is 0.288 e. The molecule has 0 fully saturated rings. The first-order chi connectivity index (χ1) is 6.77. The Kier molecular flexibility index (Phi) is 4.11. The highest BCUT2D eigenvalue weighted by atomic mass is 16.2. The van der Waals surface area contributed by atoms with Crippen molar-refractivity contribution in [1.29, 1.82) is 0 Å². The van der Waals surface area contributed by atoms with Crippen molar-refractivity contribution < 1.29 is 9.36 Å². The maximum Gasteiger partial charge on any atom is 0.288 e. The molecule has 14 heavy (non-hydrogen) atoms. The second-order valence-electron chi connectivity index (χ2n) is 3.11. The van der Waals surface area contributed by atoms with Crippen LogP contribution < -0.4 is 4.57 Å². The molecule has 0 aliphatic heterocycles. The average molecular weight is 193 g/mol. The molecule has 0 atom stereocenters. The molecular formula is C11H17N2O+. The quantitative estimate of drug-likeness (QED) is 0.650. The van der Waals surface area contributed by atoms with Crippen LogP contribution in [0.15, 0.2) is 30.6 Å². The molecule has 0 spiro atoms. The van der Waals surface area contributed by atoms with Gasteiger partial charge in [-0.05, 0) is 13.8 Å². The minimum absolute atomic E-state index is 0.172. The molecule has 3 heteroatoms. The van der Waals surface area contributed by atoms with E-state index in [-0.39, 0.29) is 5.91 Å². The van der Waals surface area contributed by atoms with Crippen LogP contribution >= 0.6 is 0 Å². The van der Waals surface area contributed by atoms with Crippen molar-refractivity contribution in [2.24, 2.45) is 0 Å². The van der Waals surface area contributed by atoms with E-state index in [0.29, 0.717) is 6.54 Å². The van der Waals surface area contributed by atoms with Gasteiger partial charge in [-0.1, -0.05) is 6.07 Å². The van der Waals surface area contributed by atoms with Gasteiger partial charge in [-0.2, -0.15) is 4.57 Å². The predicted octanol–water partition coefficient (Wildman–Crippen LogP) is 0.842. The van der Waals surface area contributed by atoms with Crippen LogP contribution in [0.5, 0.6) is 0 Å². The SMILES string of the molecule is CCN(CC)C(=O)C[n+]1ccccc1. The highest BCUT2D eigenvalue weighted by Crippen LogP contribution is 1.88. The van der Waals surface area contributed by atoms with Crippen LogP contribution in [0.3, 0.4) is 0 Å². The van der Waals surface area contributed by atoms with E-state index in [2.05, 4.69) is 0 Å². The van der Waals surface area contributed by atoms with Crippen molar-refractivity contribution in [3.8, 4) is 0 Å². The number of aromatic nitrogens is 1. The van der Waals surface area contributed by atoms with Gasteiger partial charge in [0.05, 0.1) is 0 Å². The van der Waals surface area contributed by atoms with Crippen molar-refractivity contribution in [2.45, 2.75) is 20.4 Å². The maximum atomic E-state index is 11.7. The van der Waals surface area contributed by atoms with Crippen LogP contribution in [0, 0.1) is 0 Å². The third-order valence-electron chi connectivity index (χ3n) is 2.21. The second kappa shape index (κ2) is 5.37.